The molecular weight excluding hydrogens is 614 g/mol. The molecule has 3 atom stereocenters. The molecule has 3 aliphatic rings. The van der Waals surface area contributed by atoms with Gasteiger partial charge in [0.15, 0.2) is 0 Å². The van der Waals surface area contributed by atoms with Gasteiger partial charge in [0.1, 0.15) is 12.1 Å². The molecule has 0 radical (unpaired) electrons. The highest BCUT2D eigenvalue weighted by Crippen LogP contribution is 2.28. The minimum Gasteiger partial charge on any atom is -0.391 e. The summed E-state index contributed by atoms with van der Waals surface area (Å²) >= 11 is 1.62. The van der Waals surface area contributed by atoms with Crippen LogP contribution >= 0.6 is 11.3 Å². The number of piperidine rings is 1. The number of carbonyl (C=O) groups excluding carboxylic acids is 3. The molecule has 3 saturated heterocycles. The molecule has 4 heterocycles. The number of likely N-dealkylation sites (tertiary alicyclic amines) is 2. The fourth-order valence-electron chi connectivity index (χ4n) is 6.97. The van der Waals surface area contributed by atoms with Gasteiger partial charge in [-0.25, -0.2) is 4.98 Å². The van der Waals surface area contributed by atoms with Gasteiger partial charge < -0.3 is 30.9 Å². The van der Waals surface area contributed by atoms with E-state index in [-0.39, 0.29) is 37.2 Å². The molecule has 47 heavy (non-hydrogen) atoms. The van der Waals surface area contributed by atoms with Gasteiger partial charge in [0.25, 0.3) is 0 Å². The molecule has 2 aromatic rings. The average Bonchev–Trinajstić information content (AvgIpc) is 3.66. The standard InChI is InChI=1S/C35H53N7O4S/c1-24-31(47-23-38-24)27-7-5-25(6-8-27)9-12-37-33(45)29-19-28(43)21-42(29)34(46)32(35(2,3)4)39-30(44)22-40-15-10-26(11-16-40)20-41-17-13-36-14-18-41/h5-8,23,26,28-29,32,36,43H,9-22H2,1-4H3,(H,37,45)(H,39,44)/t28-,29-,32+/m0/s1. The number of aromatic nitrogens is 1. The zero-order valence-electron chi connectivity index (χ0n) is 28.5. The van der Waals surface area contributed by atoms with Gasteiger partial charge in [-0.2, -0.15) is 0 Å². The van der Waals surface area contributed by atoms with Gasteiger partial charge in [0.2, 0.25) is 17.7 Å². The van der Waals surface area contributed by atoms with Crippen molar-refractivity contribution in [3.63, 3.8) is 0 Å². The van der Waals surface area contributed by atoms with E-state index in [1.165, 1.54) is 4.90 Å². The lowest BCUT2D eigenvalue weighted by molar-refractivity contribution is -0.144. The van der Waals surface area contributed by atoms with E-state index in [4.69, 9.17) is 0 Å². The molecule has 4 N–H and O–H groups in total. The van der Waals surface area contributed by atoms with Crippen molar-refractivity contribution in [3.8, 4) is 10.4 Å². The lowest BCUT2D eigenvalue weighted by atomic mass is 9.85. The van der Waals surface area contributed by atoms with E-state index in [1.54, 1.807) is 11.3 Å². The number of nitrogens with one attached hydrogen (secondary N) is 3. The van der Waals surface area contributed by atoms with E-state index in [2.05, 4.69) is 55.0 Å². The molecule has 3 aliphatic heterocycles. The fourth-order valence-corrected chi connectivity index (χ4v) is 7.78. The van der Waals surface area contributed by atoms with E-state index >= 15 is 0 Å². The first-order valence-corrected chi connectivity index (χ1v) is 18.1. The lowest BCUT2D eigenvalue weighted by Gasteiger charge is -2.37. The van der Waals surface area contributed by atoms with Crippen molar-refractivity contribution >= 4 is 29.1 Å². The van der Waals surface area contributed by atoms with Crippen LogP contribution in [-0.4, -0.2) is 126 Å². The Balaban J connectivity index is 1.11. The number of rotatable bonds is 11. The Hall–Kier alpha value is -2.90. The van der Waals surface area contributed by atoms with Crippen LogP contribution in [0.15, 0.2) is 29.8 Å². The summed E-state index contributed by atoms with van der Waals surface area (Å²) in [5.41, 5.74) is 4.49. The van der Waals surface area contributed by atoms with Crippen LogP contribution in [0, 0.1) is 18.3 Å². The normalized spacial score (nSPS) is 22.3. The fraction of sp³-hybridized carbons (Fsp3) is 0.657. The maximum Gasteiger partial charge on any atom is 0.246 e. The van der Waals surface area contributed by atoms with Crippen molar-refractivity contribution < 1.29 is 19.5 Å². The summed E-state index contributed by atoms with van der Waals surface area (Å²) in [6, 6.07) is 6.66. The SMILES string of the molecule is Cc1ncsc1-c1ccc(CCNC(=O)[C@@H]2C[C@H](O)CN2C(=O)[C@@H](NC(=O)CN2CCC(CN3CCNCC3)CC2)C(C)(C)C)cc1. The van der Waals surface area contributed by atoms with Crippen LogP contribution < -0.4 is 16.0 Å². The Morgan fingerprint density at radius 3 is 2.40 bits per heavy atom. The first kappa shape index (κ1) is 35.4. The molecule has 0 saturated carbocycles. The van der Waals surface area contributed by atoms with Crippen LogP contribution in [0.5, 0.6) is 0 Å². The second-order valence-electron chi connectivity index (χ2n) is 14.5. The van der Waals surface area contributed by atoms with E-state index in [0.29, 0.717) is 18.9 Å². The molecule has 0 bridgehead atoms. The van der Waals surface area contributed by atoms with Crippen LogP contribution in [0.3, 0.4) is 0 Å². The Labute approximate surface area is 283 Å². The number of hydrogen-bond acceptors (Lipinski definition) is 9. The minimum absolute atomic E-state index is 0.0679. The second-order valence-corrected chi connectivity index (χ2v) is 15.4. The van der Waals surface area contributed by atoms with Gasteiger partial charge in [0.05, 0.1) is 28.7 Å². The first-order chi connectivity index (χ1) is 22.5. The highest BCUT2D eigenvalue weighted by atomic mass is 32.1. The number of hydrogen-bond donors (Lipinski definition) is 4. The topological polar surface area (TPSA) is 130 Å². The van der Waals surface area contributed by atoms with Gasteiger partial charge in [0, 0.05) is 52.2 Å². The number of aliphatic hydroxyl groups excluding tert-OH is 1. The molecule has 258 valence electrons. The second kappa shape index (κ2) is 16.0. The minimum atomic E-state index is -0.818. The summed E-state index contributed by atoms with van der Waals surface area (Å²) in [4.78, 5) is 52.2. The maximum absolute atomic E-state index is 14.0. The van der Waals surface area contributed by atoms with E-state index in [1.807, 2.05) is 33.2 Å². The Bertz CT molecular complexity index is 1350. The third kappa shape index (κ3) is 9.60. The Morgan fingerprint density at radius 1 is 1.06 bits per heavy atom. The number of β-amino-alcohol motifs (C(OH)–C–C–N with tert-alkyl or cyclic N) is 1. The molecule has 1 aromatic heterocycles. The monoisotopic (exact) mass is 667 g/mol. The maximum atomic E-state index is 14.0. The Morgan fingerprint density at radius 2 is 1.77 bits per heavy atom. The summed E-state index contributed by atoms with van der Waals surface area (Å²) in [5.74, 6) is -0.142. The molecule has 3 amide bonds. The zero-order chi connectivity index (χ0) is 33.6. The van der Waals surface area contributed by atoms with Crippen LogP contribution in [-0.2, 0) is 20.8 Å². The van der Waals surface area contributed by atoms with Crippen molar-refractivity contribution in [2.24, 2.45) is 11.3 Å². The smallest absolute Gasteiger partial charge is 0.246 e. The predicted octanol–water partition coefficient (Wildman–Crippen LogP) is 1.89. The number of aryl methyl sites for hydroxylation is 1. The van der Waals surface area contributed by atoms with Crippen LogP contribution in [0.1, 0.15) is 51.3 Å². The molecular formula is C35H53N7O4S. The number of thiazole rings is 1. The summed E-state index contributed by atoms with van der Waals surface area (Å²) in [6.45, 7) is 15.7. The predicted molar refractivity (Wildman–Crippen MR) is 185 cm³/mol. The van der Waals surface area contributed by atoms with E-state index < -0.39 is 23.6 Å². The molecule has 0 spiro atoms. The number of piperazine rings is 1. The highest BCUT2D eigenvalue weighted by Gasteiger charge is 2.44. The lowest BCUT2D eigenvalue weighted by Crippen LogP contribution is -2.59. The van der Waals surface area contributed by atoms with Gasteiger partial charge >= 0.3 is 0 Å². The molecule has 1 aromatic carbocycles. The number of amides is 3. The van der Waals surface area contributed by atoms with Gasteiger partial charge in [-0.1, -0.05) is 45.0 Å². The summed E-state index contributed by atoms with van der Waals surface area (Å²) < 4.78 is 0. The summed E-state index contributed by atoms with van der Waals surface area (Å²) in [6.07, 6.45) is 2.16. The largest absolute Gasteiger partial charge is 0.391 e. The number of benzene rings is 1. The molecule has 0 unspecified atom stereocenters. The van der Waals surface area contributed by atoms with Crippen LogP contribution in [0.2, 0.25) is 0 Å². The zero-order valence-corrected chi connectivity index (χ0v) is 29.3. The third-order valence-corrected chi connectivity index (χ3v) is 10.7. The third-order valence-electron chi connectivity index (χ3n) is 9.76. The highest BCUT2D eigenvalue weighted by molar-refractivity contribution is 7.13. The summed E-state index contributed by atoms with van der Waals surface area (Å²) in [7, 11) is 0. The van der Waals surface area contributed by atoms with Crippen LogP contribution in [0.25, 0.3) is 10.4 Å². The van der Waals surface area contributed by atoms with Crippen molar-refractivity contribution in [1.29, 1.82) is 0 Å². The van der Waals surface area contributed by atoms with Gasteiger partial charge in [-0.15, -0.1) is 11.3 Å². The van der Waals surface area contributed by atoms with Crippen molar-refractivity contribution in [2.75, 3.05) is 65.4 Å². The van der Waals surface area contributed by atoms with Gasteiger partial charge in [-0.05, 0) is 61.7 Å². The van der Waals surface area contributed by atoms with Crippen molar-refractivity contribution in [3.05, 3.63) is 41.0 Å². The molecule has 5 rings (SSSR count). The number of nitrogens with zero attached hydrogens (tertiary/aromatic N) is 4. The molecule has 12 heteroatoms. The van der Waals surface area contributed by atoms with E-state index in [9.17, 15) is 19.5 Å². The van der Waals surface area contributed by atoms with Crippen molar-refractivity contribution in [2.45, 2.75) is 71.6 Å². The summed E-state index contributed by atoms with van der Waals surface area (Å²) in [5, 5.41) is 19.9. The van der Waals surface area contributed by atoms with Crippen LogP contribution in [0.4, 0.5) is 0 Å². The quantitative estimate of drug-likeness (QED) is 0.286. The van der Waals surface area contributed by atoms with Gasteiger partial charge in [-0.3, -0.25) is 19.3 Å². The first-order valence-electron chi connectivity index (χ1n) is 17.2. The number of carbonyl (C=O) groups is 3. The van der Waals surface area contributed by atoms with E-state index in [0.717, 1.165) is 80.4 Å². The Kier molecular flexibility index (Phi) is 12.1. The molecule has 11 nitrogen and oxygen atoms in total. The molecule has 0 aliphatic carbocycles. The number of aliphatic hydroxyl groups is 1. The molecule has 3 fully saturated rings. The average molecular weight is 668 g/mol. The van der Waals surface area contributed by atoms with Crippen molar-refractivity contribution in [1.82, 2.24) is 35.6 Å².